The second kappa shape index (κ2) is 6.28. The SMILES string of the molecule is CN1CCN(CCNc2ccc(N)c3cccnc23)CC1. The van der Waals surface area contributed by atoms with Crippen LogP contribution in [0.3, 0.4) is 0 Å². The summed E-state index contributed by atoms with van der Waals surface area (Å²) in [4.78, 5) is 9.33. The van der Waals surface area contributed by atoms with E-state index in [0.29, 0.717) is 0 Å². The van der Waals surface area contributed by atoms with Crippen molar-refractivity contribution in [3.63, 3.8) is 0 Å². The number of nitrogens with zero attached hydrogens (tertiary/aromatic N) is 3. The van der Waals surface area contributed by atoms with Crippen LogP contribution in [0.1, 0.15) is 0 Å². The Morgan fingerprint density at radius 1 is 1.19 bits per heavy atom. The number of nitrogens with two attached hydrogens (primary N) is 1. The topological polar surface area (TPSA) is 57.4 Å². The summed E-state index contributed by atoms with van der Waals surface area (Å²) in [5.41, 5.74) is 8.80. The monoisotopic (exact) mass is 285 g/mol. The van der Waals surface area contributed by atoms with Crippen molar-refractivity contribution in [2.45, 2.75) is 0 Å². The molecule has 2 heterocycles. The van der Waals surface area contributed by atoms with Crippen LogP contribution < -0.4 is 11.1 Å². The van der Waals surface area contributed by atoms with E-state index in [1.807, 2.05) is 30.5 Å². The van der Waals surface area contributed by atoms with Crippen LogP contribution >= 0.6 is 0 Å². The highest BCUT2D eigenvalue weighted by atomic mass is 15.2. The van der Waals surface area contributed by atoms with E-state index in [0.717, 1.165) is 61.5 Å². The number of aromatic nitrogens is 1. The smallest absolute Gasteiger partial charge is 0.0953 e. The Morgan fingerprint density at radius 2 is 2.00 bits per heavy atom. The van der Waals surface area contributed by atoms with Crippen molar-refractivity contribution in [1.29, 1.82) is 0 Å². The molecule has 5 nitrogen and oxygen atoms in total. The fraction of sp³-hybridized carbons (Fsp3) is 0.438. The van der Waals surface area contributed by atoms with Gasteiger partial charge in [0.15, 0.2) is 0 Å². The summed E-state index contributed by atoms with van der Waals surface area (Å²) in [6.45, 7) is 6.61. The number of nitrogen functional groups attached to an aromatic ring is 1. The van der Waals surface area contributed by atoms with Gasteiger partial charge < -0.3 is 16.0 Å². The van der Waals surface area contributed by atoms with Crippen LogP contribution in [0, 0.1) is 0 Å². The van der Waals surface area contributed by atoms with Crippen LogP contribution in [0.4, 0.5) is 11.4 Å². The number of hydrogen-bond donors (Lipinski definition) is 2. The third-order valence-corrected chi connectivity index (χ3v) is 4.14. The Bertz CT molecular complexity index is 605. The molecule has 0 aliphatic carbocycles. The highest BCUT2D eigenvalue weighted by molar-refractivity contribution is 5.98. The highest BCUT2D eigenvalue weighted by Gasteiger charge is 2.13. The van der Waals surface area contributed by atoms with Gasteiger partial charge >= 0.3 is 0 Å². The van der Waals surface area contributed by atoms with Crippen molar-refractivity contribution in [2.24, 2.45) is 0 Å². The number of hydrogen-bond acceptors (Lipinski definition) is 5. The minimum atomic E-state index is 0.780. The second-order valence-corrected chi connectivity index (χ2v) is 5.67. The fourth-order valence-electron chi connectivity index (χ4n) is 2.76. The van der Waals surface area contributed by atoms with Crippen molar-refractivity contribution in [1.82, 2.24) is 14.8 Å². The first-order chi connectivity index (χ1) is 10.2. The molecule has 21 heavy (non-hydrogen) atoms. The van der Waals surface area contributed by atoms with Gasteiger partial charge in [0, 0.05) is 56.5 Å². The van der Waals surface area contributed by atoms with Gasteiger partial charge in [-0.3, -0.25) is 9.88 Å². The van der Waals surface area contributed by atoms with Gasteiger partial charge in [-0.1, -0.05) is 0 Å². The number of anilines is 2. The minimum Gasteiger partial charge on any atom is -0.398 e. The average molecular weight is 285 g/mol. The molecule has 0 unspecified atom stereocenters. The highest BCUT2D eigenvalue weighted by Crippen LogP contribution is 2.25. The van der Waals surface area contributed by atoms with Crippen LogP contribution in [0.2, 0.25) is 0 Å². The zero-order valence-corrected chi connectivity index (χ0v) is 12.5. The number of piperazine rings is 1. The molecule has 0 bridgehead atoms. The molecule has 1 aromatic heterocycles. The predicted octanol–water partition coefficient (Wildman–Crippen LogP) is 1.48. The summed E-state index contributed by atoms with van der Waals surface area (Å²) in [6, 6.07) is 7.91. The molecular weight excluding hydrogens is 262 g/mol. The second-order valence-electron chi connectivity index (χ2n) is 5.67. The summed E-state index contributed by atoms with van der Waals surface area (Å²) in [5.74, 6) is 0. The molecule has 5 heteroatoms. The minimum absolute atomic E-state index is 0.780. The first kappa shape index (κ1) is 14.1. The van der Waals surface area contributed by atoms with E-state index in [2.05, 4.69) is 27.1 Å². The van der Waals surface area contributed by atoms with Gasteiger partial charge in [0.2, 0.25) is 0 Å². The van der Waals surface area contributed by atoms with Crippen LogP contribution in [-0.4, -0.2) is 61.1 Å². The first-order valence-electron chi connectivity index (χ1n) is 7.52. The van der Waals surface area contributed by atoms with Gasteiger partial charge in [-0.25, -0.2) is 0 Å². The molecule has 3 rings (SSSR count). The van der Waals surface area contributed by atoms with Gasteiger partial charge in [-0.05, 0) is 31.3 Å². The van der Waals surface area contributed by atoms with Crippen LogP contribution in [0.5, 0.6) is 0 Å². The molecule has 1 saturated heterocycles. The molecule has 0 saturated carbocycles. The molecule has 2 aromatic rings. The first-order valence-corrected chi connectivity index (χ1v) is 7.52. The van der Waals surface area contributed by atoms with Crippen molar-refractivity contribution < 1.29 is 0 Å². The molecule has 1 aliphatic rings. The molecule has 1 aliphatic heterocycles. The molecule has 0 atom stereocenters. The normalized spacial score (nSPS) is 17.2. The van der Waals surface area contributed by atoms with Crippen molar-refractivity contribution >= 4 is 22.3 Å². The summed E-state index contributed by atoms with van der Waals surface area (Å²) in [7, 11) is 2.18. The molecule has 1 aromatic carbocycles. The Labute approximate surface area is 125 Å². The predicted molar refractivity (Wildman–Crippen MR) is 88.6 cm³/mol. The maximum atomic E-state index is 6.00. The number of fused-ring (bicyclic) bond motifs is 1. The number of benzene rings is 1. The van der Waals surface area contributed by atoms with Crippen molar-refractivity contribution in [3.8, 4) is 0 Å². The van der Waals surface area contributed by atoms with Gasteiger partial charge in [0.25, 0.3) is 0 Å². The van der Waals surface area contributed by atoms with E-state index in [4.69, 9.17) is 5.73 Å². The van der Waals surface area contributed by atoms with E-state index in [9.17, 15) is 0 Å². The van der Waals surface area contributed by atoms with Gasteiger partial charge in [0.05, 0.1) is 11.2 Å². The number of pyridine rings is 1. The molecule has 0 amide bonds. The Balaban J connectivity index is 1.62. The number of nitrogens with one attached hydrogen (secondary N) is 1. The number of rotatable bonds is 4. The lowest BCUT2D eigenvalue weighted by atomic mass is 10.1. The quantitative estimate of drug-likeness (QED) is 0.833. The molecular formula is C16H23N5. The van der Waals surface area contributed by atoms with Gasteiger partial charge in [-0.15, -0.1) is 0 Å². The van der Waals surface area contributed by atoms with Crippen molar-refractivity contribution in [3.05, 3.63) is 30.5 Å². The van der Waals surface area contributed by atoms with E-state index in [1.165, 1.54) is 0 Å². The molecule has 0 radical (unpaired) electrons. The lowest BCUT2D eigenvalue weighted by Crippen LogP contribution is -2.45. The average Bonchev–Trinajstić information content (AvgIpc) is 2.52. The maximum absolute atomic E-state index is 6.00. The van der Waals surface area contributed by atoms with E-state index in [1.54, 1.807) is 0 Å². The molecule has 1 fully saturated rings. The van der Waals surface area contributed by atoms with E-state index in [-0.39, 0.29) is 0 Å². The van der Waals surface area contributed by atoms with Crippen LogP contribution in [-0.2, 0) is 0 Å². The third-order valence-electron chi connectivity index (χ3n) is 4.14. The molecule has 3 N–H and O–H groups in total. The van der Waals surface area contributed by atoms with Gasteiger partial charge in [0.1, 0.15) is 0 Å². The van der Waals surface area contributed by atoms with Crippen LogP contribution in [0.25, 0.3) is 10.9 Å². The summed E-state index contributed by atoms with van der Waals surface area (Å²) in [6.07, 6.45) is 1.81. The Kier molecular flexibility index (Phi) is 4.22. The maximum Gasteiger partial charge on any atom is 0.0953 e. The summed E-state index contributed by atoms with van der Waals surface area (Å²) in [5, 5.41) is 4.52. The Morgan fingerprint density at radius 3 is 2.81 bits per heavy atom. The van der Waals surface area contributed by atoms with Crippen molar-refractivity contribution in [2.75, 3.05) is 57.4 Å². The largest absolute Gasteiger partial charge is 0.398 e. The molecule has 112 valence electrons. The zero-order chi connectivity index (χ0) is 14.7. The zero-order valence-electron chi connectivity index (χ0n) is 12.5. The number of likely N-dealkylation sites (N-methyl/N-ethyl adjacent to an activating group) is 1. The summed E-state index contributed by atoms with van der Waals surface area (Å²) >= 11 is 0. The summed E-state index contributed by atoms with van der Waals surface area (Å²) < 4.78 is 0. The lowest BCUT2D eigenvalue weighted by molar-refractivity contribution is 0.158. The molecule has 0 spiro atoms. The lowest BCUT2D eigenvalue weighted by Gasteiger charge is -2.32. The third kappa shape index (κ3) is 3.25. The van der Waals surface area contributed by atoms with Gasteiger partial charge in [-0.2, -0.15) is 0 Å². The van der Waals surface area contributed by atoms with E-state index < -0.39 is 0 Å². The van der Waals surface area contributed by atoms with Crippen LogP contribution in [0.15, 0.2) is 30.5 Å². The fourth-order valence-corrected chi connectivity index (χ4v) is 2.76. The van der Waals surface area contributed by atoms with E-state index >= 15 is 0 Å². The Hall–Kier alpha value is -1.85. The standard InChI is InChI=1S/C16H23N5/c1-20-9-11-21(12-10-20)8-7-18-15-5-4-14(17)13-3-2-6-19-16(13)15/h2-6,18H,7-12,17H2,1H3.